The van der Waals surface area contributed by atoms with E-state index in [9.17, 15) is 5.11 Å². The van der Waals surface area contributed by atoms with Crippen molar-refractivity contribution in [3.8, 4) is 17.6 Å². The van der Waals surface area contributed by atoms with Gasteiger partial charge in [-0.2, -0.15) is 0 Å². The quantitative estimate of drug-likeness (QED) is 0.683. The van der Waals surface area contributed by atoms with E-state index in [0.29, 0.717) is 11.7 Å². The van der Waals surface area contributed by atoms with E-state index in [4.69, 9.17) is 0 Å². The fourth-order valence-corrected chi connectivity index (χ4v) is 1.33. The van der Waals surface area contributed by atoms with Gasteiger partial charge in [0.05, 0.1) is 0 Å². The lowest BCUT2D eigenvalue weighted by atomic mass is 10.0. The first-order valence-electron chi connectivity index (χ1n) is 4.42. The standard InChI is InChI=1S/C12H14O/c1-3-5-10(2)8-11-6-4-7-12(13)9-11/h4,6-7,9-10,13H,8H2,1-2H3. The van der Waals surface area contributed by atoms with Crippen molar-refractivity contribution in [1.82, 2.24) is 0 Å². The zero-order valence-electron chi connectivity index (χ0n) is 8.04. The second-order valence-electron chi connectivity index (χ2n) is 3.17. The summed E-state index contributed by atoms with van der Waals surface area (Å²) in [4.78, 5) is 0. The normalized spacial score (nSPS) is 11.5. The number of rotatable bonds is 2. The number of phenols is 1. The van der Waals surface area contributed by atoms with Gasteiger partial charge in [-0.15, -0.1) is 11.8 Å². The van der Waals surface area contributed by atoms with Crippen LogP contribution in [0, 0.1) is 17.8 Å². The molecule has 1 heteroatoms. The Kier molecular flexibility index (Phi) is 3.40. The van der Waals surface area contributed by atoms with E-state index in [1.165, 1.54) is 0 Å². The molecule has 13 heavy (non-hydrogen) atoms. The van der Waals surface area contributed by atoms with E-state index in [0.717, 1.165) is 12.0 Å². The molecule has 0 saturated heterocycles. The summed E-state index contributed by atoms with van der Waals surface area (Å²) in [6.07, 6.45) is 0.898. The predicted octanol–water partition coefficient (Wildman–Crippen LogP) is 2.59. The fourth-order valence-electron chi connectivity index (χ4n) is 1.33. The molecule has 68 valence electrons. The Balaban J connectivity index is 2.67. The Labute approximate surface area is 79.4 Å². The summed E-state index contributed by atoms with van der Waals surface area (Å²) in [5, 5.41) is 9.22. The molecule has 0 bridgehead atoms. The van der Waals surface area contributed by atoms with Crippen LogP contribution in [0.15, 0.2) is 24.3 Å². The minimum atomic E-state index is 0.328. The highest BCUT2D eigenvalue weighted by molar-refractivity contribution is 5.28. The van der Waals surface area contributed by atoms with E-state index in [1.54, 1.807) is 12.1 Å². The molecule has 0 radical (unpaired) electrons. The summed E-state index contributed by atoms with van der Waals surface area (Å²) in [6, 6.07) is 7.33. The molecule has 0 aliphatic rings. The average molecular weight is 174 g/mol. The van der Waals surface area contributed by atoms with Crippen LogP contribution in [0.25, 0.3) is 0 Å². The van der Waals surface area contributed by atoms with Gasteiger partial charge in [0.2, 0.25) is 0 Å². The molecule has 0 aromatic heterocycles. The Morgan fingerprint density at radius 1 is 1.46 bits per heavy atom. The highest BCUT2D eigenvalue weighted by atomic mass is 16.3. The van der Waals surface area contributed by atoms with Crippen molar-refractivity contribution >= 4 is 0 Å². The number of aromatic hydroxyl groups is 1. The number of hydrogen-bond acceptors (Lipinski definition) is 1. The zero-order chi connectivity index (χ0) is 9.68. The average Bonchev–Trinajstić information content (AvgIpc) is 2.04. The lowest BCUT2D eigenvalue weighted by Gasteiger charge is -2.04. The van der Waals surface area contributed by atoms with Gasteiger partial charge >= 0.3 is 0 Å². The molecule has 0 aliphatic heterocycles. The van der Waals surface area contributed by atoms with Gasteiger partial charge in [0.25, 0.3) is 0 Å². The maximum absolute atomic E-state index is 9.22. The summed E-state index contributed by atoms with van der Waals surface area (Å²) in [6.45, 7) is 3.93. The van der Waals surface area contributed by atoms with Gasteiger partial charge < -0.3 is 5.11 Å². The Morgan fingerprint density at radius 2 is 2.23 bits per heavy atom. The molecule has 1 aromatic carbocycles. The van der Waals surface area contributed by atoms with E-state index in [2.05, 4.69) is 18.8 Å². The molecule has 0 aliphatic carbocycles. The van der Waals surface area contributed by atoms with Crippen molar-refractivity contribution in [1.29, 1.82) is 0 Å². The smallest absolute Gasteiger partial charge is 0.115 e. The van der Waals surface area contributed by atoms with Crippen molar-refractivity contribution in [3.05, 3.63) is 29.8 Å². The third-order valence-corrected chi connectivity index (χ3v) is 1.84. The maximum atomic E-state index is 9.22. The van der Waals surface area contributed by atoms with Gasteiger partial charge in [0.15, 0.2) is 0 Å². The lowest BCUT2D eigenvalue weighted by molar-refractivity contribution is 0.474. The fraction of sp³-hybridized carbons (Fsp3) is 0.333. The van der Waals surface area contributed by atoms with Gasteiger partial charge in [-0.1, -0.05) is 19.1 Å². The molecule has 1 atom stereocenters. The highest BCUT2D eigenvalue weighted by Crippen LogP contribution is 2.14. The van der Waals surface area contributed by atoms with E-state index in [-0.39, 0.29) is 0 Å². The Morgan fingerprint density at radius 3 is 2.85 bits per heavy atom. The van der Waals surface area contributed by atoms with Crippen LogP contribution in [0.2, 0.25) is 0 Å². The van der Waals surface area contributed by atoms with Crippen molar-refractivity contribution < 1.29 is 5.11 Å². The Hall–Kier alpha value is -1.42. The van der Waals surface area contributed by atoms with Crippen LogP contribution in [0.3, 0.4) is 0 Å². The largest absolute Gasteiger partial charge is 0.508 e. The monoisotopic (exact) mass is 174 g/mol. The second kappa shape index (κ2) is 4.57. The molecule has 0 amide bonds. The van der Waals surface area contributed by atoms with Gasteiger partial charge in [0.1, 0.15) is 5.75 Å². The topological polar surface area (TPSA) is 20.2 Å². The van der Waals surface area contributed by atoms with Crippen LogP contribution in [0.5, 0.6) is 5.75 Å². The van der Waals surface area contributed by atoms with Gasteiger partial charge in [-0.05, 0) is 31.0 Å². The first kappa shape index (κ1) is 9.67. The SMILES string of the molecule is CC#CC(C)Cc1cccc(O)c1. The summed E-state index contributed by atoms with van der Waals surface area (Å²) >= 11 is 0. The molecule has 0 heterocycles. The summed E-state index contributed by atoms with van der Waals surface area (Å²) < 4.78 is 0. The third-order valence-electron chi connectivity index (χ3n) is 1.84. The van der Waals surface area contributed by atoms with Gasteiger partial charge in [-0.25, -0.2) is 0 Å². The first-order chi connectivity index (χ1) is 6.22. The molecule has 1 N–H and O–H groups in total. The first-order valence-corrected chi connectivity index (χ1v) is 4.42. The molecular formula is C12H14O. The molecule has 0 spiro atoms. The summed E-state index contributed by atoms with van der Waals surface area (Å²) in [5.74, 6) is 6.65. The van der Waals surface area contributed by atoms with Crippen LogP contribution in [0.1, 0.15) is 19.4 Å². The Bertz CT molecular complexity index is 330. The number of benzene rings is 1. The zero-order valence-corrected chi connectivity index (χ0v) is 8.04. The van der Waals surface area contributed by atoms with Gasteiger partial charge in [0, 0.05) is 5.92 Å². The van der Waals surface area contributed by atoms with E-state index < -0.39 is 0 Å². The molecule has 0 fully saturated rings. The van der Waals surface area contributed by atoms with E-state index >= 15 is 0 Å². The second-order valence-corrected chi connectivity index (χ2v) is 3.17. The summed E-state index contributed by atoms with van der Waals surface area (Å²) in [7, 11) is 0. The maximum Gasteiger partial charge on any atom is 0.115 e. The molecule has 1 rings (SSSR count). The molecule has 1 nitrogen and oxygen atoms in total. The van der Waals surface area contributed by atoms with Crippen molar-refractivity contribution in [2.45, 2.75) is 20.3 Å². The van der Waals surface area contributed by atoms with Crippen molar-refractivity contribution in [2.75, 3.05) is 0 Å². The molecule has 1 aromatic rings. The van der Waals surface area contributed by atoms with Crippen molar-refractivity contribution in [2.24, 2.45) is 5.92 Å². The van der Waals surface area contributed by atoms with Crippen LogP contribution < -0.4 is 0 Å². The molecule has 0 saturated carbocycles. The minimum absolute atomic E-state index is 0.328. The number of phenolic OH excluding ortho intramolecular Hbond substituents is 1. The predicted molar refractivity (Wildman–Crippen MR) is 54.4 cm³/mol. The number of hydrogen-bond donors (Lipinski definition) is 1. The minimum Gasteiger partial charge on any atom is -0.508 e. The van der Waals surface area contributed by atoms with Crippen LogP contribution in [-0.4, -0.2) is 5.11 Å². The van der Waals surface area contributed by atoms with Gasteiger partial charge in [-0.3, -0.25) is 0 Å². The lowest BCUT2D eigenvalue weighted by Crippen LogP contribution is -1.95. The van der Waals surface area contributed by atoms with Crippen LogP contribution >= 0.6 is 0 Å². The van der Waals surface area contributed by atoms with Crippen molar-refractivity contribution in [3.63, 3.8) is 0 Å². The molecule has 1 unspecified atom stereocenters. The summed E-state index contributed by atoms with van der Waals surface area (Å²) in [5.41, 5.74) is 1.13. The molecular weight excluding hydrogens is 160 g/mol. The van der Waals surface area contributed by atoms with Crippen LogP contribution in [-0.2, 0) is 6.42 Å². The van der Waals surface area contributed by atoms with Crippen LogP contribution in [0.4, 0.5) is 0 Å². The van der Waals surface area contributed by atoms with E-state index in [1.807, 2.05) is 19.1 Å². The highest BCUT2D eigenvalue weighted by Gasteiger charge is 1.99. The third kappa shape index (κ3) is 3.21.